The van der Waals surface area contributed by atoms with Crippen molar-refractivity contribution in [1.82, 2.24) is 4.90 Å². The van der Waals surface area contributed by atoms with Crippen molar-refractivity contribution in [2.75, 3.05) is 26.4 Å². The van der Waals surface area contributed by atoms with Crippen molar-refractivity contribution in [3.05, 3.63) is 149 Å². The lowest BCUT2D eigenvalue weighted by Crippen LogP contribution is -2.70. The van der Waals surface area contributed by atoms with E-state index in [1.54, 1.807) is 24.3 Å². The molecule has 0 saturated heterocycles. The highest BCUT2D eigenvalue weighted by Crippen LogP contribution is 2.62. The summed E-state index contributed by atoms with van der Waals surface area (Å²) in [4.78, 5) is 34.3. The molecule has 6 atom stereocenters. The molecule has 12 nitrogen and oxygen atoms in total. The van der Waals surface area contributed by atoms with E-state index in [0.717, 1.165) is 71.6 Å². The molecule has 12 heteroatoms. The van der Waals surface area contributed by atoms with Crippen LogP contribution in [0.25, 0.3) is 10.8 Å². The van der Waals surface area contributed by atoms with Crippen LogP contribution in [0.15, 0.2) is 127 Å². The zero-order valence-electron chi connectivity index (χ0n) is 36.4. The number of hydrogen-bond donors (Lipinski definition) is 2. The van der Waals surface area contributed by atoms with Gasteiger partial charge in [-0.05, 0) is 108 Å². The molecule has 0 unspecified atom stereocenters. The van der Waals surface area contributed by atoms with Gasteiger partial charge in [-0.1, -0.05) is 85.3 Å². The molecule has 4 aromatic carbocycles. The molecule has 1 amide bonds. The van der Waals surface area contributed by atoms with E-state index in [4.69, 9.17) is 24.2 Å². The number of carbonyl (C=O) groups is 1. The van der Waals surface area contributed by atoms with Gasteiger partial charge < -0.3 is 34.2 Å². The molecule has 1 aliphatic heterocycles. The standard InChI is InChI=1S/C52H59N3O9/c1-3-28-61-41-24-25-47-45(31-41)49-43(17-8-10-27-57)38(13-7-9-26-56)30-44-46(53-63-34-35-18-22-40(23-19-35)55(59)60)32-48(52(64-47,50(44)49)62-29-4-2)54(51(58)37-20-21-37)33-39-15-11-14-36-12-5-6-16-42(36)39/h3-6,11-12,14-16,18-19,22-25,30-31,37-38,43,48-50,56-57H,1-2,7-10,13,17,20-21,26-29,32-34H2/t38-,43+,48-,49+,50+,52+/m0/s1. The number of amides is 1. The summed E-state index contributed by atoms with van der Waals surface area (Å²) in [6.45, 7) is 8.97. The molecule has 1 heterocycles. The van der Waals surface area contributed by atoms with Crippen LogP contribution in [0.1, 0.15) is 80.4 Å². The number of benzene rings is 4. The maximum absolute atomic E-state index is 15.1. The number of ether oxygens (including phenoxy) is 3. The second-order valence-corrected chi connectivity index (χ2v) is 17.4. The van der Waals surface area contributed by atoms with E-state index >= 15 is 4.79 Å². The van der Waals surface area contributed by atoms with Crippen LogP contribution in [0.3, 0.4) is 0 Å². The predicted octanol–water partition coefficient (Wildman–Crippen LogP) is 9.59. The number of non-ortho nitro benzene ring substituents is 1. The van der Waals surface area contributed by atoms with Crippen molar-refractivity contribution in [2.24, 2.45) is 28.8 Å². The van der Waals surface area contributed by atoms with Crippen molar-refractivity contribution >= 4 is 28.1 Å². The number of hydrogen-bond acceptors (Lipinski definition) is 10. The molecule has 4 aliphatic rings. The molecular weight excluding hydrogens is 811 g/mol. The second kappa shape index (κ2) is 20.3. The molecular formula is C52H59N3O9. The second-order valence-electron chi connectivity index (χ2n) is 17.4. The highest BCUT2D eigenvalue weighted by atomic mass is 16.7. The third kappa shape index (κ3) is 9.36. The van der Waals surface area contributed by atoms with Crippen molar-refractivity contribution < 1.29 is 39.0 Å². The van der Waals surface area contributed by atoms with Gasteiger partial charge in [-0.3, -0.25) is 14.9 Å². The zero-order valence-corrected chi connectivity index (χ0v) is 36.4. The lowest BCUT2D eigenvalue weighted by atomic mass is 9.55. The molecule has 336 valence electrons. The highest BCUT2D eigenvalue weighted by molar-refractivity contribution is 6.03. The monoisotopic (exact) mass is 869 g/mol. The zero-order chi connectivity index (χ0) is 44.6. The van der Waals surface area contributed by atoms with Gasteiger partial charge in [0.05, 0.1) is 23.2 Å². The Balaban J connectivity index is 1.33. The average Bonchev–Trinajstić information content (AvgIpc) is 4.17. The first kappa shape index (κ1) is 44.8. The summed E-state index contributed by atoms with van der Waals surface area (Å²) in [6, 6.07) is 25.9. The van der Waals surface area contributed by atoms with Gasteiger partial charge in [0.25, 0.3) is 5.69 Å². The molecule has 8 rings (SSSR count). The summed E-state index contributed by atoms with van der Waals surface area (Å²) in [5, 5.41) is 38.4. The van der Waals surface area contributed by atoms with E-state index in [-0.39, 0.29) is 68.1 Å². The molecule has 0 spiro atoms. The van der Waals surface area contributed by atoms with E-state index in [2.05, 4.69) is 49.6 Å². The smallest absolute Gasteiger partial charge is 0.269 e. The maximum atomic E-state index is 15.1. The first-order valence-corrected chi connectivity index (χ1v) is 22.7. The summed E-state index contributed by atoms with van der Waals surface area (Å²) in [6.07, 6.45) is 12.2. The lowest BCUT2D eigenvalue weighted by Gasteiger charge is -2.60. The average molecular weight is 870 g/mol. The molecule has 0 bridgehead atoms. The van der Waals surface area contributed by atoms with Crippen molar-refractivity contribution in [2.45, 2.75) is 88.7 Å². The lowest BCUT2D eigenvalue weighted by molar-refractivity contribution is -0.384. The number of nitro benzene ring substituents is 1. The van der Waals surface area contributed by atoms with E-state index in [9.17, 15) is 20.3 Å². The molecule has 0 radical (unpaired) electrons. The van der Waals surface area contributed by atoms with Crippen molar-refractivity contribution in [3.8, 4) is 11.5 Å². The molecule has 0 aromatic heterocycles. The van der Waals surface area contributed by atoms with Crippen molar-refractivity contribution in [1.29, 1.82) is 0 Å². The van der Waals surface area contributed by atoms with E-state index in [1.807, 2.05) is 35.2 Å². The number of unbranched alkanes of at least 4 members (excludes halogenated alkanes) is 2. The van der Waals surface area contributed by atoms with Crippen LogP contribution in [0.4, 0.5) is 5.69 Å². The Morgan fingerprint density at radius 1 is 0.938 bits per heavy atom. The molecule has 4 aromatic rings. The first-order chi connectivity index (χ1) is 31.3. The number of rotatable bonds is 22. The fraction of sp³-hybridized carbons (Fsp3) is 0.423. The van der Waals surface area contributed by atoms with Gasteiger partial charge in [0.15, 0.2) is 0 Å². The summed E-state index contributed by atoms with van der Waals surface area (Å²) in [5.41, 5.74) is 4.29. The molecule has 2 N–H and O–H groups in total. The minimum absolute atomic E-state index is 0.0116. The van der Waals surface area contributed by atoms with E-state index in [1.165, 1.54) is 12.1 Å². The van der Waals surface area contributed by atoms with Crippen LogP contribution in [0, 0.1) is 33.8 Å². The van der Waals surface area contributed by atoms with Gasteiger partial charge in [-0.25, -0.2) is 0 Å². The summed E-state index contributed by atoms with van der Waals surface area (Å²) >= 11 is 0. The first-order valence-electron chi connectivity index (χ1n) is 22.7. The van der Waals surface area contributed by atoms with Gasteiger partial charge in [-0.2, -0.15) is 0 Å². The van der Waals surface area contributed by atoms with Crippen LogP contribution in [-0.4, -0.2) is 69.9 Å². The van der Waals surface area contributed by atoms with Crippen molar-refractivity contribution in [3.63, 3.8) is 0 Å². The predicted molar refractivity (Wildman–Crippen MR) is 246 cm³/mol. The van der Waals surface area contributed by atoms with Crippen LogP contribution in [0.2, 0.25) is 0 Å². The normalized spacial score (nSPS) is 23.9. The molecule has 2 fully saturated rings. The summed E-state index contributed by atoms with van der Waals surface area (Å²) < 4.78 is 20.8. The Labute approximate surface area is 375 Å². The van der Waals surface area contributed by atoms with E-state index < -0.39 is 22.7 Å². The highest BCUT2D eigenvalue weighted by Gasteiger charge is 2.66. The Morgan fingerprint density at radius 2 is 1.69 bits per heavy atom. The summed E-state index contributed by atoms with van der Waals surface area (Å²) in [7, 11) is 0. The molecule has 64 heavy (non-hydrogen) atoms. The number of nitro groups is 1. The molecule has 3 aliphatic carbocycles. The quantitative estimate of drug-likeness (QED) is 0.0340. The number of aliphatic hydroxyl groups excluding tert-OH is 2. The Bertz CT molecular complexity index is 2370. The fourth-order valence-electron chi connectivity index (χ4n) is 10.3. The van der Waals surface area contributed by atoms with Gasteiger partial charge in [0.2, 0.25) is 11.7 Å². The number of nitrogens with zero attached hydrogens (tertiary/aromatic N) is 3. The number of aliphatic hydroxyl groups is 2. The Kier molecular flexibility index (Phi) is 14.2. The fourth-order valence-corrected chi connectivity index (χ4v) is 10.3. The number of fused-ring (bicyclic) bond motifs is 3. The van der Waals surface area contributed by atoms with Crippen LogP contribution in [-0.2, 0) is 27.5 Å². The van der Waals surface area contributed by atoms with Gasteiger partial charge in [-0.15, -0.1) is 6.58 Å². The van der Waals surface area contributed by atoms with E-state index in [0.29, 0.717) is 43.2 Å². The Morgan fingerprint density at radius 3 is 2.42 bits per heavy atom. The largest absolute Gasteiger partial charge is 0.490 e. The Hall–Kier alpha value is -5.82. The van der Waals surface area contributed by atoms with Gasteiger partial charge in [0, 0.05) is 55.7 Å². The maximum Gasteiger partial charge on any atom is 0.269 e. The van der Waals surface area contributed by atoms with Gasteiger partial charge >= 0.3 is 0 Å². The minimum atomic E-state index is -1.40. The number of allylic oxidation sites excluding steroid dienone is 1. The SMILES string of the molecule is C=CCOc1ccc2c(c1)[C@H]1[C@H](CCCCO)[C@@H](CCCCO)C=C3C(=NOCc4ccc([N+](=O)[O-])cc4)C[C@H](N(Cc4cccc5ccccc45)C(=O)C4CC4)[C@@](OCC=C)(O2)[C@H]31. The summed E-state index contributed by atoms with van der Waals surface area (Å²) in [5.74, 6) is -0.754. The van der Waals surface area contributed by atoms with Crippen LogP contribution < -0.4 is 9.47 Å². The minimum Gasteiger partial charge on any atom is -0.490 e. The van der Waals surface area contributed by atoms with Crippen LogP contribution in [0.5, 0.6) is 11.5 Å². The number of carbonyl (C=O) groups excluding carboxylic acids is 1. The topological polar surface area (TPSA) is 153 Å². The third-order valence-electron chi connectivity index (χ3n) is 13.4. The third-order valence-corrected chi connectivity index (χ3v) is 13.4. The van der Waals surface area contributed by atoms with Crippen LogP contribution >= 0.6 is 0 Å². The van der Waals surface area contributed by atoms with Gasteiger partial charge in [0.1, 0.15) is 30.8 Å². The molecule has 2 saturated carbocycles. The number of oxime groups is 1.